The molecule has 4 nitrogen and oxygen atoms in total. The number of carbonyl (C=O) groups excluding carboxylic acids is 2. The molecule has 0 fully saturated rings. The highest BCUT2D eigenvalue weighted by atomic mass is 79.9. The summed E-state index contributed by atoms with van der Waals surface area (Å²) in [5.41, 5.74) is 2.97. The number of carbonyl (C=O) groups is 2. The summed E-state index contributed by atoms with van der Waals surface area (Å²) < 4.78 is 0.877. The molecule has 1 aliphatic heterocycles. The smallest absolute Gasteiger partial charge is 0.255 e. The normalized spacial score (nSPS) is 16.1. The SMILES string of the molecule is O=C1CN(C(=O)c2ccc(Cl)cc2)[C@H](c2ccccc2)c2cc(Br)ccc2N1. The number of benzene rings is 3. The summed E-state index contributed by atoms with van der Waals surface area (Å²) in [5, 5.41) is 3.47. The zero-order chi connectivity index (χ0) is 19.7. The Morgan fingerprint density at radius 3 is 2.46 bits per heavy atom. The van der Waals surface area contributed by atoms with Gasteiger partial charge in [0.2, 0.25) is 5.91 Å². The molecule has 4 rings (SSSR count). The van der Waals surface area contributed by atoms with E-state index in [0.717, 1.165) is 15.6 Å². The van der Waals surface area contributed by atoms with Crippen LogP contribution in [-0.2, 0) is 4.79 Å². The fourth-order valence-electron chi connectivity index (χ4n) is 3.42. The lowest BCUT2D eigenvalue weighted by atomic mass is 9.95. The monoisotopic (exact) mass is 454 g/mol. The van der Waals surface area contributed by atoms with Gasteiger partial charge in [-0.2, -0.15) is 0 Å². The first-order valence-electron chi connectivity index (χ1n) is 8.74. The minimum absolute atomic E-state index is 0.0483. The average molecular weight is 456 g/mol. The molecule has 0 aliphatic carbocycles. The highest BCUT2D eigenvalue weighted by molar-refractivity contribution is 9.10. The van der Waals surface area contributed by atoms with E-state index in [0.29, 0.717) is 16.3 Å². The van der Waals surface area contributed by atoms with E-state index >= 15 is 0 Å². The number of amides is 2. The lowest BCUT2D eigenvalue weighted by Gasteiger charge is -2.30. The predicted octanol–water partition coefficient (Wildman–Crippen LogP) is 5.29. The van der Waals surface area contributed by atoms with Crippen molar-refractivity contribution in [1.29, 1.82) is 0 Å². The van der Waals surface area contributed by atoms with Crippen LogP contribution in [0.15, 0.2) is 77.3 Å². The number of fused-ring (bicyclic) bond motifs is 1. The Bertz CT molecular complexity index is 1040. The minimum Gasteiger partial charge on any atom is -0.324 e. The van der Waals surface area contributed by atoms with E-state index in [9.17, 15) is 9.59 Å². The molecular formula is C22H16BrClN2O2. The van der Waals surface area contributed by atoms with Gasteiger partial charge in [0.15, 0.2) is 0 Å². The van der Waals surface area contributed by atoms with Crippen LogP contribution in [0.5, 0.6) is 0 Å². The van der Waals surface area contributed by atoms with E-state index in [1.54, 1.807) is 29.2 Å². The van der Waals surface area contributed by atoms with Gasteiger partial charge in [0.25, 0.3) is 5.91 Å². The second-order valence-corrected chi connectivity index (χ2v) is 7.89. The van der Waals surface area contributed by atoms with Gasteiger partial charge in [0, 0.05) is 26.3 Å². The Morgan fingerprint density at radius 1 is 1.04 bits per heavy atom. The predicted molar refractivity (Wildman–Crippen MR) is 114 cm³/mol. The highest BCUT2D eigenvalue weighted by Gasteiger charge is 2.34. The van der Waals surface area contributed by atoms with Crippen LogP contribution in [0, 0.1) is 0 Å². The maximum Gasteiger partial charge on any atom is 0.255 e. The van der Waals surface area contributed by atoms with Crippen LogP contribution < -0.4 is 5.32 Å². The van der Waals surface area contributed by atoms with Crippen molar-refractivity contribution in [2.24, 2.45) is 0 Å². The molecule has 0 radical (unpaired) electrons. The molecule has 2 amide bonds. The van der Waals surface area contributed by atoms with E-state index in [4.69, 9.17) is 11.6 Å². The summed E-state index contributed by atoms with van der Waals surface area (Å²) >= 11 is 9.48. The summed E-state index contributed by atoms with van der Waals surface area (Å²) in [4.78, 5) is 27.6. The van der Waals surface area contributed by atoms with E-state index in [2.05, 4.69) is 21.2 Å². The van der Waals surface area contributed by atoms with E-state index in [1.165, 1.54) is 0 Å². The summed E-state index contributed by atoms with van der Waals surface area (Å²) in [6.45, 7) is -0.0483. The molecule has 0 aromatic heterocycles. The minimum atomic E-state index is -0.407. The number of nitrogens with one attached hydrogen (secondary N) is 1. The van der Waals surface area contributed by atoms with Gasteiger partial charge < -0.3 is 10.2 Å². The summed E-state index contributed by atoms with van der Waals surface area (Å²) in [6.07, 6.45) is 0. The maximum atomic E-state index is 13.4. The van der Waals surface area contributed by atoms with Crippen LogP contribution in [0.3, 0.4) is 0 Å². The first-order chi connectivity index (χ1) is 13.5. The molecule has 1 heterocycles. The summed E-state index contributed by atoms with van der Waals surface area (Å²) in [6, 6.07) is 21.7. The van der Waals surface area contributed by atoms with E-state index < -0.39 is 6.04 Å². The van der Waals surface area contributed by atoms with Gasteiger partial charge in [-0.3, -0.25) is 9.59 Å². The van der Waals surface area contributed by atoms with Crippen molar-refractivity contribution in [3.05, 3.63) is 99.0 Å². The Kier molecular flexibility index (Phi) is 5.20. The fourth-order valence-corrected chi connectivity index (χ4v) is 3.92. The molecule has 28 heavy (non-hydrogen) atoms. The van der Waals surface area contributed by atoms with Crippen LogP contribution >= 0.6 is 27.5 Å². The molecule has 0 saturated carbocycles. The highest BCUT2D eigenvalue weighted by Crippen LogP contribution is 2.38. The molecule has 0 spiro atoms. The van der Waals surface area contributed by atoms with Crippen molar-refractivity contribution in [2.45, 2.75) is 6.04 Å². The molecular weight excluding hydrogens is 440 g/mol. The first-order valence-corrected chi connectivity index (χ1v) is 9.91. The van der Waals surface area contributed by atoms with Crippen LogP contribution in [0.1, 0.15) is 27.5 Å². The first kappa shape index (κ1) is 18.7. The third-order valence-electron chi connectivity index (χ3n) is 4.68. The molecule has 3 aromatic carbocycles. The molecule has 140 valence electrons. The van der Waals surface area contributed by atoms with E-state index in [-0.39, 0.29) is 18.4 Å². The molecule has 1 aliphatic rings. The molecule has 0 bridgehead atoms. The topological polar surface area (TPSA) is 49.4 Å². The Labute approximate surface area is 176 Å². The van der Waals surface area contributed by atoms with Gasteiger partial charge in [-0.1, -0.05) is 57.9 Å². The van der Waals surface area contributed by atoms with Gasteiger partial charge >= 0.3 is 0 Å². The zero-order valence-corrected chi connectivity index (χ0v) is 17.1. The second kappa shape index (κ2) is 7.78. The quantitative estimate of drug-likeness (QED) is 0.571. The molecule has 1 atom stereocenters. The van der Waals surface area contributed by atoms with Crippen molar-refractivity contribution >= 4 is 45.0 Å². The Balaban J connectivity index is 1.88. The molecule has 0 saturated heterocycles. The maximum absolute atomic E-state index is 13.4. The lowest BCUT2D eigenvalue weighted by molar-refractivity contribution is -0.117. The van der Waals surface area contributed by atoms with Crippen molar-refractivity contribution in [3.8, 4) is 0 Å². The molecule has 1 N–H and O–H groups in total. The molecule has 3 aromatic rings. The number of rotatable bonds is 2. The lowest BCUT2D eigenvalue weighted by Crippen LogP contribution is -2.38. The third kappa shape index (κ3) is 3.68. The molecule has 6 heteroatoms. The van der Waals surface area contributed by atoms with Crippen LogP contribution in [0.2, 0.25) is 5.02 Å². The van der Waals surface area contributed by atoms with Crippen LogP contribution in [0.4, 0.5) is 5.69 Å². The average Bonchev–Trinajstić information content (AvgIpc) is 2.84. The van der Waals surface area contributed by atoms with Gasteiger partial charge in [0.1, 0.15) is 6.54 Å². The van der Waals surface area contributed by atoms with Crippen LogP contribution in [0.25, 0.3) is 0 Å². The Hall–Kier alpha value is -2.63. The largest absolute Gasteiger partial charge is 0.324 e. The van der Waals surface area contributed by atoms with Gasteiger partial charge in [0.05, 0.1) is 6.04 Å². The number of halogens is 2. The summed E-state index contributed by atoms with van der Waals surface area (Å²) in [7, 11) is 0. The van der Waals surface area contributed by atoms with Crippen LogP contribution in [-0.4, -0.2) is 23.3 Å². The van der Waals surface area contributed by atoms with Crippen molar-refractivity contribution in [3.63, 3.8) is 0 Å². The Morgan fingerprint density at radius 2 is 1.75 bits per heavy atom. The van der Waals surface area contributed by atoms with E-state index in [1.807, 2.05) is 48.5 Å². The standard InChI is InChI=1S/C22H16BrClN2O2/c23-16-8-11-19-18(12-16)21(14-4-2-1-3-5-14)26(13-20(27)25-19)22(28)15-6-9-17(24)10-7-15/h1-12,21H,13H2,(H,25,27)/t21-/m1/s1. The number of hydrogen-bond donors (Lipinski definition) is 1. The summed E-state index contributed by atoms with van der Waals surface area (Å²) in [5.74, 6) is -0.460. The number of nitrogens with zero attached hydrogens (tertiary/aromatic N) is 1. The van der Waals surface area contributed by atoms with Crippen molar-refractivity contribution in [2.75, 3.05) is 11.9 Å². The third-order valence-corrected chi connectivity index (χ3v) is 5.42. The van der Waals surface area contributed by atoms with Gasteiger partial charge in [-0.15, -0.1) is 0 Å². The van der Waals surface area contributed by atoms with Gasteiger partial charge in [-0.05, 0) is 48.0 Å². The molecule has 0 unspecified atom stereocenters. The zero-order valence-electron chi connectivity index (χ0n) is 14.7. The number of hydrogen-bond acceptors (Lipinski definition) is 2. The fraction of sp³-hybridized carbons (Fsp3) is 0.0909. The van der Waals surface area contributed by atoms with Crippen molar-refractivity contribution in [1.82, 2.24) is 4.90 Å². The second-order valence-electron chi connectivity index (χ2n) is 6.53. The number of anilines is 1. The van der Waals surface area contributed by atoms with Gasteiger partial charge in [-0.25, -0.2) is 0 Å². The van der Waals surface area contributed by atoms with Crippen molar-refractivity contribution < 1.29 is 9.59 Å².